The van der Waals surface area contributed by atoms with E-state index in [4.69, 9.17) is 5.26 Å². The van der Waals surface area contributed by atoms with Crippen LogP contribution in [0.25, 0.3) is 0 Å². The molecule has 2 rings (SSSR count). The highest BCUT2D eigenvalue weighted by Crippen LogP contribution is 2.29. The summed E-state index contributed by atoms with van der Waals surface area (Å²) in [5, 5.41) is 18.8. The van der Waals surface area contributed by atoms with Gasteiger partial charge in [0.05, 0.1) is 17.7 Å². The summed E-state index contributed by atoms with van der Waals surface area (Å²) < 4.78 is 0. The van der Waals surface area contributed by atoms with Crippen LogP contribution in [-0.4, -0.2) is 18.2 Å². The Labute approximate surface area is 108 Å². The van der Waals surface area contributed by atoms with E-state index in [1.807, 2.05) is 12.1 Å². The van der Waals surface area contributed by atoms with Gasteiger partial charge in [-0.05, 0) is 32.4 Å². The highest BCUT2D eigenvalue weighted by molar-refractivity contribution is 5.59. The van der Waals surface area contributed by atoms with E-state index in [1.165, 1.54) is 5.57 Å². The van der Waals surface area contributed by atoms with Gasteiger partial charge < -0.3 is 10.0 Å². The lowest BCUT2D eigenvalue weighted by Gasteiger charge is -2.31. The molecule has 0 fully saturated rings. The van der Waals surface area contributed by atoms with Crippen LogP contribution in [0.5, 0.6) is 0 Å². The van der Waals surface area contributed by atoms with E-state index in [0.717, 1.165) is 30.8 Å². The van der Waals surface area contributed by atoms with E-state index in [9.17, 15) is 5.11 Å². The Morgan fingerprint density at radius 3 is 2.83 bits per heavy atom. The maximum absolute atomic E-state index is 9.84. The van der Waals surface area contributed by atoms with E-state index >= 15 is 0 Å². The second-order valence-corrected chi connectivity index (χ2v) is 4.82. The maximum atomic E-state index is 9.84. The Hall–Kier alpha value is -1.79. The van der Waals surface area contributed by atoms with Gasteiger partial charge in [0.15, 0.2) is 0 Å². The van der Waals surface area contributed by atoms with Gasteiger partial charge in [-0.25, -0.2) is 0 Å². The lowest BCUT2D eigenvalue weighted by atomic mass is 10.0. The summed E-state index contributed by atoms with van der Waals surface area (Å²) in [5.41, 5.74) is 3.85. The monoisotopic (exact) mass is 242 g/mol. The molecule has 1 N–H and O–H groups in total. The molecule has 0 unspecified atom stereocenters. The van der Waals surface area contributed by atoms with Gasteiger partial charge in [-0.15, -0.1) is 0 Å². The quantitative estimate of drug-likeness (QED) is 0.811. The van der Waals surface area contributed by atoms with Crippen LogP contribution < -0.4 is 4.90 Å². The molecule has 1 atom stereocenters. The van der Waals surface area contributed by atoms with Gasteiger partial charge in [-0.1, -0.05) is 17.7 Å². The van der Waals surface area contributed by atoms with Crippen molar-refractivity contribution in [3.05, 3.63) is 41.0 Å². The highest BCUT2D eigenvalue weighted by Gasteiger charge is 2.17. The Morgan fingerprint density at radius 1 is 1.44 bits per heavy atom. The summed E-state index contributed by atoms with van der Waals surface area (Å²) >= 11 is 0. The molecule has 1 aliphatic rings. The zero-order valence-electron chi connectivity index (χ0n) is 10.8. The molecular formula is C15H18N2O. The normalized spacial score (nSPS) is 17.0. The first kappa shape index (κ1) is 12.7. The third-order valence-corrected chi connectivity index (χ3v) is 3.28. The molecular weight excluding hydrogens is 224 g/mol. The van der Waals surface area contributed by atoms with Crippen molar-refractivity contribution in [1.29, 1.82) is 5.26 Å². The zero-order chi connectivity index (χ0) is 13.1. The molecule has 0 saturated carbocycles. The fraction of sp³-hybridized carbons (Fsp3) is 0.400. The number of nitrogens with zero attached hydrogens (tertiary/aromatic N) is 2. The number of aliphatic hydroxyl groups is 1. The fourth-order valence-corrected chi connectivity index (χ4v) is 2.36. The fourth-order valence-electron chi connectivity index (χ4n) is 2.36. The number of benzene rings is 1. The first-order valence-electron chi connectivity index (χ1n) is 6.24. The Kier molecular flexibility index (Phi) is 3.69. The van der Waals surface area contributed by atoms with Crippen molar-refractivity contribution in [2.24, 2.45) is 0 Å². The summed E-state index contributed by atoms with van der Waals surface area (Å²) in [6.07, 6.45) is 2.74. The summed E-state index contributed by atoms with van der Waals surface area (Å²) in [4.78, 5) is 2.23. The number of aliphatic hydroxyl groups excluding tert-OH is 1. The van der Waals surface area contributed by atoms with Gasteiger partial charge in [0.1, 0.15) is 0 Å². The summed E-state index contributed by atoms with van der Waals surface area (Å²) in [7, 11) is 0. The first-order chi connectivity index (χ1) is 8.61. The van der Waals surface area contributed by atoms with Crippen molar-refractivity contribution in [1.82, 2.24) is 0 Å². The molecule has 94 valence electrons. The van der Waals surface area contributed by atoms with Gasteiger partial charge in [0, 0.05) is 24.3 Å². The largest absolute Gasteiger partial charge is 0.389 e. The van der Waals surface area contributed by atoms with Gasteiger partial charge in [-0.3, -0.25) is 0 Å². The van der Waals surface area contributed by atoms with E-state index in [-0.39, 0.29) is 0 Å². The molecule has 1 aromatic carbocycles. The zero-order valence-corrected chi connectivity index (χ0v) is 10.8. The van der Waals surface area contributed by atoms with E-state index < -0.39 is 6.10 Å². The van der Waals surface area contributed by atoms with Crippen molar-refractivity contribution >= 4 is 5.69 Å². The standard InChI is InChI=1S/C15H18N2O/c1-11-4-3-7-17(10-11)15-8-13(9-16)5-6-14(15)12(2)18/h4-6,8,12,18H,3,7,10H2,1-2H3/t12-/m1/s1. The van der Waals surface area contributed by atoms with Crippen molar-refractivity contribution in [3.8, 4) is 6.07 Å². The Morgan fingerprint density at radius 2 is 2.22 bits per heavy atom. The topological polar surface area (TPSA) is 47.3 Å². The molecule has 1 heterocycles. The number of rotatable bonds is 2. The molecule has 3 heteroatoms. The molecule has 0 bridgehead atoms. The van der Waals surface area contributed by atoms with Crippen molar-refractivity contribution in [3.63, 3.8) is 0 Å². The molecule has 18 heavy (non-hydrogen) atoms. The minimum atomic E-state index is -0.515. The molecule has 0 aliphatic carbocycles. The smallest absolute Gasteiger partial charge is 0.0992 e. The first-order valence-corrected chi connectivity index (χ1v) is 6.24. The molecule has 0 spiro atoms. The summed E-state index contributed by atoms with van der Waals surface area (Å²) in [6.45, 7) is 5.68. The average Bonchev–Trinajstić information content (AvgIpc) is 2.38. The van der Waals surface area contributed by atoms with Crippen molar-refractivity contribution in [2.45, 2.75) is 26.4 Å². The maximum Gasteiger partial charge on any atom is 0.0992 e. The predicted octanol–water partition coefficient (Wildman–Crippen LogP) is 2.77. The third-order valence-electron chi connectivity index (χ3n) is 3.28. The molecule has 1 aromatic rings. The molecule has 0 amide bonds. The summed E-state index contributed by atoms with van der Waals surface area (Å²) in [5.74, 6) is 0. The van der Waals surface area contributed by atoms with Gasteiger partial charge in [-0.2, -0.15) is 5.26 Å². The Balaban J connectivity index is 2.41. The van der Waals surface area contributed by atoms with Crippen LogP contribution in [-0.2, 0) is 0 Å². The van der Waals surface area contributed by atoms with Crippen molar-refractivity contribution < 1.29 is 5.11 Å². The van der Waals surface area contributed by atoms with Crippen LogP contribution in [0.3, 0.4) is 0 Å². The number of nitriles is 1. The second kappa shape index (κ2) is 5.24. The minimum absolute atomic E-state index is 0.515. The number of hydrogen-bond donors (Lipinski definition) is 1. The van der Waals surface area contributed by atoms with Gasteiger partial charge in [0.2, 0.25) is 0 Å². The van der Waals surface area contributed by atoms with E-state index in [0.29, 0.717) is 5.56 Å². The lowest BCUT2D eigenvalue weighted by molar-refractivity contribution is 0.199. The third kappa shape index (κ3) is 2.55. The molecule has 3 nitrogen and oxygen atoms in total. The van der Waals surface area contributed by atoms with Crippen LogP contribution in [0.15, 0.2) is 29.8 Å². The van der Waals surface area contributed by atoms with Crippen LogP contribution in [0.4, 0.5) is 5.69 Å². The van der Waals surface area contributed by atoms with E-state index in [2.05, 4.69) is 24.0 Å². The van der Waals surface area contributed by atoms with Crippen molar-refractivity contribution in [2.75, 3.05) is 18.0 Å². The van der Waals surface area contributed by atoms with Crippen LogP contribution in [0.1, 0.15) is 37.5 Å². The van der Waals surface area contributed by atoms with Crippen LogP contribution in [0, 0.1) is 11.3 Å². The Bertz CT molecular complexity index is 512. The summed E-state index contributed by atoms with van der Waals surface area (Å²) in [6, 6.07) is 7.65. The van der Waals surface area contributed by atoms with Crippen LogP contribution in [0.2, 0.25) is 0 Å². The molecule has 0 saturated heterocycles. The van der Waals surface area contributed by atoms with Gasteiger partial charge in [0.25, 0.3) is 0 Å². The van der Waals surface area contributed by atoms with Gasteiger partial charge >= 0.3 is 0 Å². The molecule has 0 aromatic heterocycles. The second-order valence-electron chi connectivity index (χ2n) is 4.82. The highest BCUT2D eigenvalue weighted by atomic mass is 16.3. The van der Waals surface area contributed by atoms with Crippen LogP contribution >= 0.6 is 0 Å². The average molecular weight is 242 g/mol. The number of hydrogen-bond acceptors (Lipinski definition) is 3. The van der Waals surface area contributed by atoms with E-state index in [1.54, 1.807) is 13.0 Å². The number of anilines is 1. The molecule has 0 radical (unpaired) electrons. The predicted molar refractivity (Wildman–Crippen MR) is 72.4 cm³/mol. The SMILES string of the molecule is CC1=CCCN(c2cc(C#N)ccc2[C@@H](C)O)C1. The molecule has 1 aliphatic heterocycles. The minimum Gasteiger partial charge on any atom is -0.389 e. The lowest BCUT2D eigenvalue weighted by Crippen LogP contribution is -2.30.